The molecule has 1 fully saturated rings. The summed E-state index contributed by atoms with van der Waals surface area (Å²) < 4.78 is 14.8. The van der Waals surface area contributed by atoms with Gasteiger partial charge < -0.3 is 10.0 Å². The highest BCUT2D eigenvalue weighted by molar-refractivity contribution is 5.89. The lowest BCUT2D eigenvalue weighted by atomic mass is 9.92. The van der Waals surface area contributed by atoms with Crippen molar-refractivity contribution < 1.29 is 19.1 Å². The Balaban J connectivity index is 1.87. The third-order valence-corrected chi connectivity index (χ3v) is 4.61. The lowest BCUT2D eigenvalue weighted by Gasteiger charge is -2.17. The Morgan fingerprint density at radius 2 is 1.93 bits per heavy atom. The molecule has 0 saturated carbocycles. The molecule has 1 saturated heterocycles. The number of carbonyl (C=O) groups excluding carboxylic acids is 1. The number of carboxylic acids is 1. The summed E-state index contributed by atoms with van der Waals surface area (Å²) in [5.74, 6) is -1.33. The molecule has 2 heterocycles. The maximum Gasteiger partial charge on any atom is 0.323 e. The van der Waals surface area contributed by atoms with Gasteiger partial charge in [-0.1, -0.05) is 20.8 Å². The highest BCUT2D eigenvalue weighted by atomic mass is 19.1. The Kier molecular flexibility index (Phi) is 4.91. The summed E-state index contributed by atoms with van der Waals surface area (Å²) in [5, 5.41) is 16.5. The minimum Gasteiger partial charge on any atom is -0.481 e. The second-order valence-electron chi connectivity index (χ2n) is 7.75. The molecule has 3 rings (SSSR count). The number of carboxylic acid groups (broad SMARTS) is 1. The molecule has 1 aromatic carbocycles. The molecule has 0 aliphatic carbocycles. The second kappa shape index (κ2) is 7.02. The van der Waals surface area contributed by atoms with Crippen LogP contribution < -0.4 is 5.32 Å². The standard InChI is InChI=1S/C19H23FN4O3/c1-19(2,3)15-10-16(24(22-15)14-6-4-13(20)5-7-14)21-18(27)23-9-8-12(11-23)17(25)26/h4-7,10,12H,8-9,11H2,1-3H3,(H,21,27)(H,25,26). The molecule has 2 N–H and O–H groups in total. The number of halogens is 1. The first-order valence-electron chi connectivity index (χ1n) is 8.80. The molecule has 1 aliphatic rings. The summed E-state index contributed by atoms with van der Waals surface area (Å²) in [6.07, 6.45) is 0.438. The molecule has 2 amide bonds. The van der Waals surface area contributed by atoms with Gasteiger partial charge in [-0.2, -0.15) is 5.10 Å². The van der Waals surface area contributed by atoms with E-state index in [9.17, 15) is 14.0 Å². The second-order valence-corrected chi connectivity index (χ2v) is 7.75. The summed E-state index contributed by atoms with van der Waals surface area (Å²) in [4.78, 5) is 25.2. The first-order valence-corrected chi connectivity index (χ1v) is 8.80. The van der Waals surface area contributed by atoms with E-state index >= 15 is 0 Å². The van der Waals surface area contributed by atoms with Gasteiger partial charge in [0.15, 0.2) is 0 Å². The Labute approximate surface area is 156 Å². The van der Waals surface area contributed by atoms with E-state index in [2.05, 4.69) is 10.4 Å². The Bertz CT molecular complexity index is 855. The van der Waals surface area contributed by atoms with Crippen LogP contribution in [0.4, 0.5) is 15.0 Å². The zero-order valence-corrected chi connectivity index (χ0v) is 15.6. The van der Waals surface area contributed by atoms with Crippen LogP contribution in [0.3, 0.4) is 0 Å². The van der Waals surface area contributed by atoms with Crippen LogP contribution in [-0.4, -0.2) is 44.9 Å². The lowest BCUT2D eigenvalue weighted by Crippen LogP contribution is -2.34. The summed E-state index contributed by atoms with van der Waals surface area (Å²) in [6, 6.07) is 7.24. The lowest BCUT2D eigenvalue weighted by molar-refractivity contribution is -0.141. The number of hydrogen-bond donors (Lipinski definition) is 2. The van der Waals surface area contributed by atoms with Crippen molar-refractivity contribution in [2.75, 3.05) is 18.4 Å². The van der Waals surface area contributed by atoms with Crippen molar-refractivity contribution >= 4 is 17.8 Å². The quantitative estimate of drug-likeness (QED) is 0.863. The number of urea groups is 1. The third-order valence-electron chi connectivity index (χ3n) is 4.61. The van der Waals surface area contributed by atoms with Crippen molar-refractivity contribution in [1.82, 2.24) is 14.7 Å². The van der Waals surface area contributed by atoms with Crippen molar-refractivity contribution in [3.63, 3.8) is 0 Å². The van der Waals surface area contributed by atoms with Gasteiger partial charge in [-0.05, 0) is 30.7 Å². The molecule has 1 atom stereocenters. The number of nitrogens with zero attached hydrogens (tertiary/aromatic N) is 3. The SMILES string of the molecule is CC(C)(C)c1cc(NC(=O)N2CCC(C(=O)O)C2)n(-c2ccc(F)cc2)n1. The number of nitrogens with one attached hydrogen (secondary N) is 1. The van der Waals surface area contributed by atoms with Crippen molar-refractivity contribution in [1.29, 1.82) is 0 Å². The zero-order chi connectivity index (χ0) is 19.8. The molecule has 27 heavy (non-hydrogen) atoms. The van der Waals surface area contributed by atoms with Crippen LogP contribution in [0.25, 0.3) is 5.69 Å². The average molecular weight is 374 g/mol. The van der Waals surface area contributed by atoms with Crippen LogP contribution in [0.5, 0.6) is 0 Å². The number of amides is 2. The van der Waals surface area contributed by atoms with Gasteiger partial charge in [0, 0.05) is 24.6 Å². The predicted molar refractivity (Wildman–Crippen MR) is 98.6 cm³/mol. The van der Waals surface area contributed by atoms with Gasteiger partial charge in [-0.25, -0.2) is 13.9 Å². The minimum atomic E-state index is -0.892. The molecule has 1 unspecified atom stereocenters. The van der Waals surface area contributed by atoms with Crippen molar-refractivity contribution in [3.8, 4) is 5.69 Å². The van der Waals surface area contributed by atoms with Gasteiger partial charge in [-0.3, -0.25) is 10.1 Å². The van der Waals surface area contributed by atoms with Crippen LogP contribution >= 0.6 is 0 Å². The number of hydrogen-bond acceptors (Lipinski definition) is 3. The average Bonchev–Trinajstić information content (AvgIpc) is 3.22. The molecular weight excluding hydrogens is 351 g/mol. The highest BCUT2D eigenvalue weighted by Gasteiger charge is 2.31. The van der Waals surface area contributed by atoms with Gasteiger partial charge in [0.1, 0.15) is 11.6 Å². The summed E-state index contributed by atoms with van der Waals surface area (Å²) in [6.45, 7) is 6.59. The van der Waals surface area contributed by atoms with Crippen molar-refractivity contribution in [3.05, 3.63) is 41.8 Å². The van der Waals surface area contributed by atoms with Crippen LogP contribution in [0.2, 0.25) is 0 Å². The normalized spacial score (nSPS) is 17.2. The minimum absolute atomic E-state index is 0.179. The van der Waals surface area contributed by atoms with Gasteiger partial charge >= 0.3 is 12.0 Å². The van der Waals surface area contributed by atoms with E-state index in [4.69, 9.17) is 5.11 Å². The van der Waals surface area contributed by atoms with E-state index in [1.54, 1.807) is 22.9 Å². The third kappa shape index (κ3) is 4.10. The molecule has 1 aliphatic heterocycles. The summed E-state index contributed by atoms with van der Waals surface area (Å²) >= 11 is 0. The summed E-state index contributed by atoms with van der Waals surface area (Å²) in [7, 11) is 0. The van der Waals surface area contributed by atoms with Crippen LogP contribution in [0.15, 0.2) is 30.3 Å². The molecular formula is C19H23FN4O3. The fraction of sp³-hybridized carbons (Fsp3) is 0.421. The maximum absolute atomic E-state index is 13.3. The number of rotatable bonds is 3. The summed E-state index contributed by atoms with van der Waals surface area (Å²) in [5.41, 5.74) is 1.14. The molecule has 2 aromatic rings. The van der Waals surface area contributed by atoms with Gasteiger partial charge in [0.25, 0.3) is 0 Å². The van der Waals surface area contributed by atoms with E-state index in [0.29, 0.717) is 24.5 Å². The number of aromatic nitrogens is 2. The van der Waals surface area contributed by atoms with Gasteiger partial charge in [0.05, 0.1) is 17.3 Å². The molecule has 0 radical (unpaired) electrons. The predicted octanol–water partition coefficient (Wildman–Crippen LogP) is 3.25. The fourth-order valence-electron chi connectivity index (χ4n) is 2.95. The fourth-order valence-corrected chi connectivity index (χ4v) is 2.95. The number of carbonyl (C=O) groups is 2. The van der Waals surface area contributed by atoms with E-state index in [-0.39, 0.29) is 23.8 Å². The highest BCUT2D eigenvalue weighted by Crippen LogP contribution is 2.27. The van der Waals surface area contributed by atoms with E-state index in [1.807, 2.05) is 20.8 Å². The van der Waals surface area contributed by atoms with Gasteiger partial charge in [0.2, 0.25) is 0 Å². The molecule has 7 nitrogen and oxygen atoms in total. The smallest absolute Gasteiger partial charge is 0.323 e. The maximum atomic E-state index is 13.3. The first kappa shape index (κ1) is 18.9. The van der Waals surface area contributed by atoms with Crippen LogP contribution in [-0.2, 0) is 10.2 Å². The van der Waals surface area contributed by atoms with E-state index in [1.165, 1.54) is 17.0 Å². The molecule has 8 heteroatoms. The van der Waals surface area contributed by atoms with Crippen LogP contribution in [0, 0.1) is 11.7 Å². The Hall–Kier alpha value is -2.90. The van der Waals surface area contributed by atoms with Crippen molar-refractivity contribution in [2.45, 2.75) is 32.6 Å². The molecule has 0 bridgehead atoms. The number of likely N-dealkylation sites (tertiary alicyclic amines) is 1. The number of aliphatic carboxylic acids is 1. The monoisotopic (exact) mass is 374 g/mol. The van der Waals surface area contributed by atoms with Gasteiger partial charge in [-0.15, -0.1) is 0 Å². The molecule has 1 aromatic heterocycles. The topological polar surface area (TPSA) is 87.5 Å². The Morgan fingerprint density at radius 3 is 2.48 bits per heavy atom. The molecule has 0 spiro atoms. The largest absolute Gasteiger partial charge is 0.481 e. The van der Waals surface area contributed by atoms with E-state index in [0.717, 1.165) is 5.69 Å². The van der Waals surface area contributed by atoms with Crippen LogP contribution in [0.1, 0.15) is 32.9 Å². The zero-order valence-electron chi connectivity index (χ0n) is 15.6. The number of anilines is 1. The van der Waals surface area contributed by atoms with Crippen molar-refractivity contribution in [2.24, 2.45) is 5.92 Å². The van der Waals surface area contributed by atoms with E-state index < -0.39 is 11.9 Å². The number of benzene rings is 1. The first-order chi connectivity index (χ1) is 12.6. The Morgan fingerprint density at radius 1 is 1.26 bits per heavy atom. The molecule has 144 valence electrons.